The van der Waals surface area contributed by atoms with Crippen molar-refractivity contribution in [3.63, 3.8) is 0 Å². The van der Waals surface area contributed by atoms with Gasteiger partial charge in [0, 0.05) is 34.1 Å². The molecule has 2 nitrogen and oxygen atoms in total. The number of benzene rings is 7. The molecule has 0 aromatic heterocycles. The molecule has 7 aromatic rings. The van der Waals surface area contributed by atoms with Crippen molar-refractivity contribution in [2.24, 2.45) is 0 Å². The Kier molecular flexibility index (Phi) is 7.35. The topological polar surface area (TPSA) is 6.48 Å². The summed E-state index contributed by atoms with van der Waals surface area (Å²) in [7, 11) is -2.92. The standard InChI is InChI=1S/C50H44BFN2Si/c1-49(2,3)33-30-34(50(4,5)6)32-37(31-33)54-41-21-13-20-40-46(41)51-47-42(53(40)36-28-26-35(52)27-29-36)22-14-24-44(47)55(38-16-9-7-10-17-38,39-18-11-8-12-19-39)45-25-15-23-43(54)48(45)51/h7-32H,1-6H3. The molecule has 0 unspecified atom stereocenters. The maximum absolute atomic E-state index is 14.6. The molecule has 0 fully saturated rings. The van der Waals surface area contributed by atoms with E-state index in [1.165, 1.54) is 71.0 Å². The fourth-order valence-electron chi connectivity index (χ4n) is 9.74. The van der Waals surface area contributed by atoms with Crippen LogP contribution in [0.4, 0.5) is 38.5 Å². The Hall–Kier alpha value is -5.65. The second kappa shape index (κ2) is 11.9. The van der Waals surface area contributed by atoms with Gasteiger partial charge in [-0.05, 0) is 120 Å². The molecule has 3 aliphatic heterocycles. The Morgan fingerprint density at radius 2 is 0.855 bits per heavy atom. The second-order valence-electron chi connectivity index (χ2n) is 17.5. The molecule has 0 N–H and O–H groups in total. The molecule has 0 saturated heterocycles. The first kappa shape index (κ1) is 33.9. The highest BCUT2D eigenvalue weighted by atomic mass is 28.3. The van der Waals surface area contributed by atoms with Crippen LogP contribution < -0.4 is 46.9 Å². The predicted octanol–water partition coefficient (Wildman–Crippen LogP) is 8.19. The van der Waals surface area contributed by atoms with Gasteiger partial charge >= 0.3 is 0 Å². The van der Waals surface area contributed by atoms with Crippen molar-refractivity contribution in [2.45, 2.75) is 52.4 Å². The lowest BCUT2D eigenvalue weighted by molar-refractivity contribution is 0.569. The van der Waals surface area contributed by atoms with Gasteiger partial charge in [-0.25, -0.2) is 4.39 Å². The summed E-state index contributed by atoms with van der Waals surface area (Å²) in [5, 5.41) is 5.61. The molecule has 7 aromatic carbocycles. The molecule has 0 spiro atoms. The zero-order chi connectivity index (χ0) is 37.9. The molecule has 0 amide bonds. The highest BCUT2D eigenvalue weighted by Gasteiger charge is 2.56. The number of rotatable bonds is 4. The van der Waals surface area contributed by atoms with Crippen LogP contribution in [0, 0.1) is 5.82 Å². The lowest BCUT2D eigenvalue weighted by Gasteiger charge is -2.51. The van der Waals surface area contributed by atoms with Crippen molar-refractivity contribution in [1.82, 2.24) is 0 Å². The molecule has 0 saturated carbocycles. The van der Waals surface area contributed by atoms with E-state index in [0.29, 0.717) is 0 Å². The molecular weight excluding hydrogens is 686 g/mol. The van der Waals surface area contributed by atoms with Gasteiger partial charge in [-0.15, -0.1) is 0 Å². The predicted molar refractivity (Wildman–Crippen MR) is 235 cm³/mol. The highest BCUT2D eigenvalue weighted by Crippen LogP contribution is 2.46. The Balaban J connectivity index is 1.39. The summed E-state index contributed by atoms with van der Waals surface area (Å²) in [5.41, 5.74) is 13.5. The largest absolute Gasteiger partial charge is 0.311 e. The number of halogens is 1. The molecule has 0 bridgehead atoms. The third-order valence-electron chi connectivity index (χ3n) is 12.3. The molecule has 3 aliphatic rings. The van der Waals surface area contributed by atoms with Gasteiger partial charge < -0.3 is 9.80 Å². The summed E-state index contributed by atoms with van der Waals surface area (Å²) in [4.78, 5) is 4.96. The summed E-state index contributed by atoms with van der Waals surface area (Å²) < 4.78 is 14.6. The van der Waals surface area contributed by atoms with Crippen LogP contribution in [-0.4, -0.2) is 14.8 Å². The average Bonchev–Trinajstić information content (AvgIpc) is 3.18. The van der Waals surface area contributed by atoms with E-state index in [9.17, 15) is 4.39 Å². The van der Waals surface area contributed by atoms with E-state index in [0.717, 1.165) is 11.4 Å². The Morgan fingerprint density at radius 3 is 1.31 bits per heavy atom. The van der Waals surface area contributed by atoms with Crippen molar-refractivity contribution in [3.05, 3.63) is 175 Å². The number of hydrogen-bond donors (Lipinski definition) is 0. The molecule has 5 heteroatoms. The lowest BCUT2D eigenvalue weighted by Crippen LogP contribution is -2.88. The van der Waals surface area contributed by atoms with E-state index in [4.69, 9.17) is 0 Å². The average molecular weight is 731 g/mol. The zero-order valence-corrected chi connectivity index (χ0v) is 33.4. The molecule has 3 heterocycles. The summed E-state index contributed by atoms with van der Waals surface area (Å²) in [6.45, 7) is 13.9. The number of anilines is 6. The van der Waals surface area contributed by atoms with Gasteiger partial charge in [-0.3, -0.25) is 0 Å². The normalized spacial score (nSPS) is 14.9. The number of nitrogens with zero attached hydrogens (tertiary/aromatic N) is 2. The summed E-state index contributed by atoms with van der Waals surface area (Å²) >= 11 is 0. The van der Waals surface area contributed by atoms with Crippen molar-refractivity contribution < 1.29 is 4.39 Å². The fourth-order valence-corrected chi connectivity index (χ4v) is 15.0. The van der Waals surface area contributed by atoms with E-state index in [2.05, 4.69) is 185 Å². The van der Waals surface area contributed by atoms with Crippen LogP contribution in [0.15, 0.2) is 158 Å². The fraction of sp³-hybridized carbons (Fsp3) is 0.160. The van der Waals surface area contributed by atoms with Crippen LogP contribution in [0.25, 0.3) is 0 Å². The van der Waals surface area contributed by atoms with Gasteiger partial charge in [0.25, 0.3) is 6.71 Å². The van der Waals surface area contributed by atoms with Gasteiger partial charge in [0.2, 0.25) is 0 Å². The molecule has 0 radical (unpaired) electrons. The van der Waals surface area contributed by atoms with Crippen molar-refractivity contribution >= 4 is 86.0 Å². The SMILES string of the molecule is CC(C)(C)c1cc(N2c3cccc4c3B3c5c(cccc5[Si](c5ccccc5)(c5ccccc5)c5cccc2c53)N4c2ccc(F)cc2)cc(C(C)(C)C)c1. The maximum atomic E-state index is 14.6. The van der Waals surface area contributed by atoms with E-state index < -0.39 is 8.07 Å². The first-order chi connectivity index (χ1) is 26.5. The lowest BCUT2D eigenvalue weighted by atomic mass is 9.33. The van der Waals surface area contributed by atoms with Crippen LogP contribution >= 0.6 is 0 Å². The van der Waals surface area contributed by atoms with Crippen molar-refractivity contribution in [2.75, 3.05) is 9.80 Å². The minimum absolute atomic E-state index is 0.0254. The molecule has 0 atom stereocenters. The van der Waals surface area contributed by atoms with E-state index in [1.807, 2.05) is 12.1 Å². The van der Waals surface area contributed by atoms with Crippen LogP contribution in [0.2, 0.25) is 0 Å². The zero-order valence-electron chi connectivity index (χ0n) is 32.4. The maximum Gasteiger partial charge on any atom is 0.251 e. The van der Waals surface area contributed by atoms with Crippen LogP contribution in [0.5, 0.6) is 0 Å². The van der Waals surface area contributed by atoms with Gasteiger partial charge in [0.15, 0.2) is 8.07 Å². The van der Waals surface area contributed by atoms with Crippen molar-refractivity contribution in [1.29, 1.82) is 0 Å². The van der Waals surface area contributed by atoms with E-state index >= 15 is 0 Å². The third kappa shape index (κ3) is 4.85. The summed E-state index contributed by atoms with van der Waals surface area (Å²) in [6, 6.07) is 57.7. The van der Waals surface area contributed by atoms with E-state index in [-0.39, 0.29) is 23.4 Å². The van der Waals surface area contributed by atoms with Crippen LogP contribution in [0.1, 0.15) is 52.7 Å². The minimum atomic E-state index is -2.92. The van der Waals surface area contributed by atoms with Crippen LogP contribution in [-0.2, 0) is 10.8 Å². The summed E-state index contributed by atoms with van der Waals surface area (Å²) in [5.74, 6) is -0.235. The molecular formula is C50H44BFN2Si. The first-order valence-electron chi connectivity index (χ1n) is 19.5. The van der Waals surface area contributed by atoms with Crippen molar-refractivity contribution in [3.8, 4) is 0 Å². The van der Waals surface area contributed by atoms with Gasteiger partial charge in [0.05, 0.1) is 0 Å². The van der Waals surface area contributed by atoms with Crippen LogP contribution in [0.3, 0.4) is 0 Å². The highest BCUT2D eigenvalue weighted by molar-refractivity contribution is 7.27. The number of hydrogen-bond acceptors (Lipinski definition) is 2. The van der Waals surface area contributed by atoms with Gasteiger partial charge in [-0.1, -0.05) is 139 Å². The molecule has 55 heavy (non-hydrogen) atoms. The van der Waals surface area contributed by atoms with E-state index in [1.54, 1.807) is 12.1 Å². The third-order valence-corrected chi connectivity index (χ3v) is 17.2. The monoisotopic (exact) mass is 730 g/mol. The summed E-state index contributed by atoms with van der Waals surface area (Å²) in [6.07, 6.45) is 0. The quantitative estimate of drug-likeness (QED) is 0.169. The smallest absolute Gasteiger partial charge is 0.251 e. The molecule has 268 valence electrons. The molecule has 0 aliphatic carbocycles. The molecule has 10 rings (SSSR count). The first-order valence-corrected chi connectivity index (χ1v) is 21.5. The van der Waals surface area contributed by atoms with Gasteiger partial charge in [0.1, 0.15) is 5.82 Å². The van der Waals surface area contributed by atoms with Gasteiger partial charge in [-0.2, -0.15) is 0 Å². The Labute approximate surface area is 326 Å². The second-order valence-corrected chi connectivity index (χ2v) is 21.2. The minimum Gasteiger partial charge on any atom is -0.311 e. The Morgan fingerprint density at radius 1 is 0.436 bits per heavy atom. The Bertz CT molecular complexity index is 2570.